The summed E-state index contributed by atoms with van der Waals surface area (Å²) < 4.78 is 31.6. The van der Waals surface area contributed by atoms with Crippen LogP contribution in [0, 0.1) is 17.0 Å². The van der Waals surface area contributed by atoms with Gasteiger partial charge in [-0.2, -0.15) is 0 Å². The van der Waals surface area contributed by atoms with Crippen LogP contribution in [0.25, 0.3) is 0 Å². The first-order valence-electron chi connectivity index (χ1n) is 6.49. The van der Waals surface area contributed by atoms with Crippen molar-refractivity contribution in [1.29, 1.82) is 0 Å². The average molecular weight is 284 g/mol. The summed E-state index contributed by atoms with van der Waals surface area (Å²) in [7, 11) is 1.63. The molecule has 0 unspecified atom stereocenters. The highest BCUT2D eigenvalue weighted by Gasteiger charge is 2.42. The van der Waals surface area contributed by atoms with E-state index in [0.29, 0.717) is 19.2 Å². The first-order chi connectivity index (χ1) is 9.47. The van der Waals surface area contributed by atoms with E-state index in [4.69, 9.17) is 10.5 Å². The van der Waals surface area contributed by atoms with Crippen molar-refractivity contribution in [2.24, 2.45) is 5.41 Å². The third kappa shape index (κ3) is 3.25. The van der Waals surface area contributed by atoms with Crippen molar-refractivity contribution in [2.45, 2.75) is 19.3 Å². The Balaban J connectivity index is 1.97. The highest BCUT2D eigenvalue weighted by molar-refractivity contribution is 5.95. The fourth-order valence-electron chi connectivity index (χ4n) is 2.11. The van der Waals surface area contributed by atoms with Gasteiger partial charge in [-0.15, -0.1) is 0 Å². The molecule has 1 saturated carbocycles. The van der Waals surface area contributed by atoms with Crippen molar-refractivity contribution in [3.05, 3.63) is 29.3 Å². The molecule has 0 aromatic heterocycles. The molecule has 1 aliphatic rings. The summed E-state index contributed by atoms with van der Waals surface area (Å²) in [4.78, 5) is 11.9. The van der Waals surface area contributed by atoms with Gasteiger partial charge in [-0.1, -0.05) is 0 Å². The number of nitrogens with one attached hydrogen (secondary N) is 1. The van der Waals surface area contributed by atoms with Gasteiger partial charge in [0.25, 0.3) is 5.91 Å². The lowest BCUT2D eigenvalue weighted by atomic mass is 10.0. The topological polar surface area (TPSA) is 64.3 Å². The zero-order chi connectivity index (χ0) is 14.8. The molecule has 0 atom stereocenters. The molecular formula is C14H18F2N2O2. The maximum absolute atomic E-state index is 13.5. The number of carbonyl (C=O) groups is 1. The number of benzene rings is 1. The Labute approximate surface area is 116 Å². The second-order valence-electron chi connectivity index (χ2n) is 5.28. The van der Waals surface area contributed by atoms with Crippen LogP contribution in [-0.2, 0) is 4.74 Å². The van der Waals surface area contributed by atoms with Crippen LogP contribution in [0.5, 0.6) is 0 Å². The summed E-state index contributed by atoms with van der Waals surface area (Å²) in [6.07, 6.45) is 2.90. The van der Waals surface area contributed by atoms with Crippen molar-refractivity contribution in [1.82, 2.24) is 5.32 Å². The van der Waals surface area contributed by atoms with Gasteiger partial charge in [0, 0.05) is 26.3 Å². The minimum absolute atomic E-state index is 0.0632. The SMILES string of the molecule is COCCC1(CNC(=O)c2cc(N)c(F)cc2F)CC1. The third-order valence-corrected chi connectivity index (χ3v) is 3.75. The fourth-order valence-corrected chi connectivity index (χ4v) is 2.11. The number of nitrogens with two attached hydrogens (primary N) is 1. The number of rotatable bonds is 6. The molecule has 6 heteroatoms. The van der Waals surface area contributed by atoms with Gasteiger partial charge in [-0.05, 0) is 30.7 Å². The number of amides is 1. The molecule has 1 fully saturated rings. The number of ether oxygens (including phenoxy) is 1. The molecule has 0 radical (unpaired) electrons. The summed E-state index contributed by atoms with van der Waals surface area (Å²) in [6, 6.07) is 1.65. The summed E-state index contributed by atoms with van der Waals surface area (Å²) in [5, 5.41) is 2.69. The third-order valence-electron chi connectivity index (χ3n) is 3.75. The smallest absolute Gasteiger partial charge is 0.254 e. The summed E-state index contributed by atoms with van der Waals surface area (Å²) in [6.45, 7) is 1.10. The second kappa shape index (κ2) is 5.75. The van der Waals surface area contributed by atoms with Gasteiger partial charge >= 0.3 is 0 Å². The zero-order valence-corrected chi connectivity index (χ0v) is 11.3. The number of halogens is 2. The number of methoxy groups -OCH3 is 1. The predicted octanol–water partition coefficient (Wildman–Crippen LogP) is 2.09. The Kier molecular flexibility index (Phi) is 4.23. The quantitative estimate of drug-likeness (QED) is 0.786. The Morgan fingerprint density at radius 3 is 2.70 bits per heavy atom. The summed E-state index contributed by atoms with van der Waals surface area (Å²) in [5.41, 5.74) is 4.94. The van der Waals surface area contributed by atoms with Crippen LogP contribution in [0.15, 0.2) is 12.1 Å². The Morgan fingerprint density at radius 2 is 2.10 bits per heavy atom. The Morgan fingerprint density at radius 1 is 1.40 bits per heavy atom. The van der Waals surface area contributed by atoms with E-state index in [1.54, 1.807) is 7.11 Å². The van der Waals surface area contributed by atoms with Crippen LogP contribution in [0.4, 0.5) is 14.5 Å². The molecule has 0 aliphatic heterocycles. The van der Waals surface area contributed by atoms with E-state index in [9.17, 15) is 13.6 Å². The Bertz CT molecular complexity index is 516. The van der Waals surface area contributed by atoms with E-state index in [0.717, 1.165) is 25.3 Å². The van der Waals surface area contributed by atoms with Crippen LogP contribution in [0.1, 0.15) is 29.6 Å². The predicted molar refractivity (Wildman–Crippen MR) is 71.3 cm³/mol. The first-order valence-corrected chi connectivity index (χ1v) is 6.49. The molecule has 1 aliphatic carbocycles. The van der Waals surface area contributed by atoms with E-state index >= 15 is 0 Å². The molecule has 4 nitrogen and oxygen atoms in total. The molecule has 1 aromatic carbocycles. The minimum atomic E-state index is -0.907. The van der Waals surface area contributed by atoms with Crippen molar-refractivity contribution < 1.29 is 18.3 Å². The second-order valence-corrected chi connectivity index (χ2v) is 5.28. The monoisotopic (exact) mass is 284 g/mol. The summed E-state index contributed by atoms with van der Waals surface area (Å²) in [5.74, 6) is -2.34. The van der Waals surface area contributed by atoms with Crippen LogP contribution in [0.2, 0.25) is 0 Å². The number of carbonyl (C=O) groups excluding carboxylic acids is 1. The number of hydrogen-bond acceptors (Lipinski definition) is 3. The van der Waals surface area contributed by atoms with E-state index in [-0.39, 0.29) is 16.7 Å². The van der Waals surface area contributed by atoms with Crippen molar-refractivity contribution in [2.75, 3.05) is 26.0 Å². The van der Waals surface area contributed by atoms with Crippen molar-refractivity contribution in [3.8, 4) is 0 Å². The van der Waals surface area contributed by atoms with Gasteiger partial charge in [0.2, 0.25) is 0 Å². The van der Waals surface area contributed by atoms with Gasteiger partial charge < -0.3 is 15.8 Å². The standard InChI is InChI=1S/C14H18F2N2O2/c1-20-5-4-14(2-3-14)8-18-13(19)9-6-12(17)11(16)7-10(9)15/h6-7H,2-5,8,17H2,1H3,(H,18,19). The van der Waals surface area contributed by atoms with Gasteiger partial charge in [0.15, 0.2) is 0 Å². The van der Waals surface area contributed by atoms with Crippen molar-refractivity contribution in [3.63, 3.8) is 0 Å². The van der Waals surface area contributed by atoms with Crippen LogP contribution >= 0.6 is 0 Å². The molecule has 0 heterocycles. The molecule has 110 valence electrons. The normalized spacial score (nSPS) is 15.9. The molecule has 1 amide bonds. The average Bonchev–Trinajstić information content (AvgIpc) is 3.18. The molecule has 20 heavy (non-hydrogen) atoms. The highest BCUT2D eigenvalue weighted by atomic mass is 19.1. The maximum Gasteiger partial charge on any atom is 0.254 e. The molecule has 0 saturated heterocycles. The highest BCUT2D eigenvalue weighted by Crippen LogP contribution is 2.48. The van der Waals surface area contributed by atoms with Crippen LogP contribution < -0.4 is 11.1 Å². The van der Waals surface area contributed by atoms with Gasteiger partial charge in [-0.3, -0.25) is 4.79 Å². The Hall–Kier alpha value is -1.69. The molecule has 1 aromatic rings. The van der Waals surface area contributed by atoms with Crippen LogP contribution in [0.3, 0.4) is 0 Å². The van der Waals surface area contributed by atoms with Crippen LogP contribution in [-0.4, -0.2) is 26.2 Å². The first kappa shape index (κ1) is 14.7. The number of nitrogen functional groups attached to an aromatic ring is 1. The fraction of sp³-hybridized carbons (Fsp3) is 0.500. The minimum Gasteiger partial charge on any atom is -0.396 e. The molecule has 3 N–H and O–H groups in total. The molecule has 2 rings (SSSR count). The molecule has 0 spiro atoms. The zero-order valence-electron chi connectivity index (χ0n) is 11.3. The van der Waals surface area contributed by atoms with E-state index in [1.807, 2.05) is 0 Å². The lowest BCUT2D eigenvalue weighted by Gasteiger charge is -2.15. The van der Waals surface area contributed by atoms with Gasteiger partial charge in [0.1, 0.15) is 11.6 Å². The van der Waals surface area contributed by atoms with Gasteiger partial charge in [0.05, 0.1) is 11.3 Å². The lowest BCUT2D eigenvalue weighted by Crippen LogP contribution is -2.31. The number of hydrogen-bond donors (Lipinski definition) is 2. The van der Waals surface area contributed by atoms with E-state index in [2.05, 4.69) is 5.32 Å². The van der Waals surface area contributed by atoms with Gasteiger partial charge in [-0.25, -0.2) is 8.78 Å². The van der Waals surface area contributed by atoms with Crippen molar-refractivity contribution >= 4 is 11.6 Å². The van der Waals surface area contributed by atoms with E-state index < -0.39 is 17.5 Å². The molecular weight excluding hydrogens is 266 g/mol. The maximum atomic E-state index is 13.5. The number of anilines is 1. The largest absolute Gasteiger partial charge is 0.396 e. The van der Waals surface area contributed by atoms with E-state index in [1.165, 1.54) is 0 Å². The summed E-state index contributed by atoms with van der Waals surface area (Å²) >= 11 is 0. The molecule has 0 bridgehead atoms. The lowest BCUT2D eigenvalue weighted by molar-refractivity contribution is 0.0934.